The second-order valence-corrected chi connectivity index (χ2v) is 6.20. The summed E-state index contributed by atoms with van der Waals surface area (Å²) in [6.45, 7) is 0. The predicted octanol–water partition coefficient (Wildman–Crippen LogP) is 3.13. The minimum atomic E-state index is -0.125. The molecule has 1 N–H and O–H groups in total. The quantitative estimate of drug-likeness (QED) is 0.824. The molecule has 15 heavy (non-hydrogen) atoms. The average molecular weight is 241 g/mol. The van der Waals surface area contributed by atoms with Crippen LogP contribution in [0.25, 0.3) is 0 Å². The number of pyridine rings is 1. The van der Waals surface area contributed by atoms with Gasteiger partial charge in [0, 0.05) is 11.4 Å². The first-order valence-corrected chi connectivity index (χ1v) is 7.50. The number of aliphatic hydroxyl groups excluding tert-OH is 1. The van der Waals surface area contributed by atoms with Crippen LogP contribution in [0.5, 0.6) is 0 Å². The molecule has 0 bridgehead atoms. The molecule has 82 valence electrons. The summed E-state index contributed by atoms with van der Waals surface area (Å²) in [6, 6.07) is 5.92. The fourth-order valence-electron chi connectivity index (χ4n) is 1.70. The van der Waals surface area contributed by atoms with Gasteiger partial charge in [0.1, 0.15) is 5.03 Å². The zero-order valence-corrected chi connectivity index (χ0v) is 10.1. The van der Waals surface area contributed by atoms with Crippen molar-refractivity contribution in [1.82, 2.24) is 4.98 Å². The maximum Gasteiger partial charge on any atom is 0.106 e. The maximum absolute atomic E-state index is 9.79. The molecule has 0 amide bonds. The lowest BCUT2D eigenvalue weighted by Crippen LogP contribution is -2.25. The van der Waals surface area contributed by atoms with Crippen molar-refractivity contribution < 1.29 is 5.11 Å². The van der Waals surface area contributed by atoms with Crippen molar-refractivity contribution in [3.63, 3.8) is 0 Å². The minimum Gasteiger partial charge on any atom is -0.392 e. The summed E-state index contributed by atoms with van der Waals surface area (Å²) in [4.78, 5) is 4.25. The zero-order chi connectivity index (χ0) is 10.5. The molecule has 1 heterocycles. The second-order valence-electron chi connectivity index (χ2n) is 3.74. The second kappa shape index (κ2) is 5.77. The molecule has 1 aliphatic rings. The van der Waals surface area contributed by atoms with E-state index < -0.39 is 0 Å². The van der Waals surface area contributed by atoms with E-state index in [0.717, 1.165) is 17.9 Å². The van der Waals surface area contributed by atoms with Gasteiger partial charge in [0.25, 0.3) is 0 Å². The highest BCUT2D eigenvalue weighted by molar-refractivity contribution is 8.76. The van der Waals surface area contributed by atoms with Crippen LogP contribution in [0.15, 0.2) is 29.4 Å². The largest absolute Gasteiger partial charge is 0.392 e. The van der Waals surface area contributed by atoms with E-state index in [2.05, 4.69) is 4.98 Å². The zero-order valence-electron chi connectivity index (χ0n) is 8.50. The molecule has 1 saturated carbocycles. The molecular formula is C11H15NOS2. The van der Waals surface area contributed by atoms with Crippen molar-refractivity contribution >= 4 is 21.6 Å². The minimum absolute atomic E-state index is 0.125. The molecular weight excluding hydrogens is 226 g/mol. The topological polar surface area (TPSA) is 33.1 Å². The first-order valence-electron chi connectivity index (χ1n) is 5.29. The van der Waals surface area contributed by atoms with Gasteiger partial charge in [-0.1, -0.05) is 29.7 Å². The summed E-state index contributed by atoms with van der Waals surface area (Å²) in [7, 11) is 3.44. The van der Waals surface area contributed by atoms with Crippen LogP contribution in [0.2, 0.25) is 0 Å². The Labute approximate surface area is 98.3 Å². The highest BCUT2D eigenvalue weighted by Gasteiger charge is 2.23. The van der Waals surface area contributed by atoms with Crippen LogP contribution in [-0.2, 0) is 0 Å². The number of rotatable bonds is 3. The number of hydrogen-bond acceptors (Lipinski definition) is 4. The van der Waals surface area contributed by atoms with Crippen LogP contribution in [0.4, 0.5) is 0 Å². The van der Waals surface area contributed by atoms with Crippen LogP contribution in [0.1, 0.15) is 25.7 Å². The molecule has 0 aromatic carbocycles. The van der Waals surface area contributed by atoms with Crippen LogP contribution >= 0.6 is 21.6 Å². The van der Waals surface area contributed by atoms with Gasteiger partial charge in [0.15, 0.2) is 0 Å². The van der Waals surface area contributed by atoms with Gasteiger partial charge in [-0.25, -0.2) is 4.98 Å². The fourth-order valence-corrected chi connectivity index (χ4v) is 4.32. The molecule has 1 aliphatic carbocycles. The Morgan fingerprint density at radius 3 is 2.87 bits per heavy atom. The van der Waals surface area contributed by atoms with Crippen LogP contribution in [0.3, 0.4) is 0 Å². The standard InChI is InChI=1S/C11H15NOS2/c13-9-5-1-2-6-10(9)14-15-11-7-3-4-8-12-11/h3-4,7-10,13H,1-2,5-6H2/t9-,10-/m1/s1. The van der Waals surface area contributed by atoms with Crippen molar-refractivity contribution in [2.45, 2.75) is 42.1 Å². The van der Waals surface area contributed by atoms with Gasteiger partial charge in [0.2, 0.25) is 0 Å². The molecule has 0 unspecified atom stereocenters. The number of aliphatic hydroxyl groups is 1. The summed E-state index contributed by atoms with van der Waals surface area (Å²) < 4.78 is 0. The van der Waals surface area contributed by atoms with Crippen LogP contribution < -0.4 is 0 Å². The third kappa shape index (κ3) is 3.40. The molecule has 0 saturated heterocycles. The number of nitrogens with zero attached hydrogens (tertiary/aromatic N) is 1. The van der Waals surface area contributed by atoms with Crippen molar-refractivity contribution in [2.24, 2.45) is 0 Å². The Hall–Kier alpha value is -0.190. The van der Waals surface area contributed by atoms with Gasteiger partial charge in [-0.15, -0.1) is 0 Å². The third-order valence-electron chi connectivity index (χ3n) is 2.56. The number of aromatic nitrogens is 1. The number of hydrogen-bond donors (Lipinski definition) is 1. The van der Waals surface area contributed by atoms with E-state index in [-0.39, 0.29) is 6.10 Å². The Morgan fingerprint density at radius 2 is 2.13 bits per heavy atom. The molecule has 0 aliphatic heterocycles. The fraction of sp³-hybridized carbons (Fsp3) is 0.545. The monoisotopic (exact) mass is 241 g/mol. The summed E-state index contributed by atoms with van der Waals surface area (Å²) in [5.41, 5.74) is 0. The molecule has 2 rings (SSSR count). The molecule has 2 atom stereocenters. The van der Waals surface area contributed by atoms with Crippen molar-refractivity contribution in [3.8, 4) is 0 Å². The molecule has 1 fully saturated rings. The Kier molecular flexibility index (Phi) is 4.35. The molecule has 1 aromatic rings. The van der Waals surface area contributed by atoms with Gasteiger partial charge < -0.3 is 5.11 Å². The van der Waals surface area contributed by atoms with Crippen molar-refractivity contribution in [3.05, 3.63) is 24.4 Å². The molecule has 0 radical (unpaired) electrons. The summed E-state index contributed by atoms with van der Waals surface area (Å²) in [5.74, 6) is 0. The highest BCUT2D eigenvalue weighted by atomic mass is 33.1. The highest BCUT2D eigenvalue weighted by Crippen LogP contribution is 2.39. The van der Waals surface area contributed by atoms with E-state index in [4.69, 9.17) is 0 Å². The summed E-state index contributed by atoms with van der Waals surface area (Å²) in [6.07, 6.45) is 6.19. The SMILES string of the molecule is O[C@@H]1CCCC[C@H]1SSc1ccccn1. The molecule has 0 spiro atoms. The predicted molar refractivity (Wildman–Crippen MR) is 65.9 cm³/mol. The van der Waals surface area contributed by atoms with Gasteiger partial charge in [-0.3, -0.25) is 0 Å². The lowest BCUT2D eigenvalue weighted by molar-refractivity contribution is 0.137. The lowest BCUT2D eigenvalue weighted by atomic mass is 9.97. The first kappa shape index (κ1) is 11.3. The molecule has 4 heteroatoms. The molecule has 2 nitrogen and oxygen atoms in total. The maximum atomic E-state index is 9.79. The van der Waals surface area contributed by atoms with Gasteiger partial charge in [0.05, 0.1) is 6.10 Å². The van der Waals surface area contributed by atoms with E-state index in [9.17, 15) is 5.11 Å². The van der Waals surface area contributed by atoms with E-state index in [1.807, 2.05) is 18.2 Å². The van der Waals surface area contributed by atoms with E-state index in [0.29, 0.717) is 5.25 Å². The third-order valence-corrected chi connectivity index (χ3v) is 5.41. The smallest absolute Gasteiger partial charge is 0.106 e. The van der Waals surface area contributed by atoms with Gasteiger partial charge in [-0.05, 0) is 35.8 Å². The van der Waals surface area contributed by atoms with Gasteiger partial charge >= 0.3 is 0 Å². The normalized spacial score (nSPS) is 26.5. The Morgan fingerprint density at radius 1 is 1.27 bits per heavy atom. The Bertz CT molecular complexity index is 294. The van der Waals surface area contributed by atoms with E-state index in [1.54, 1.807) is 27.8 Å². The Balaban J connectivity index is 1.82. The average Bonchev–Trinajstić information content (AvgIpc) is 2.29. The van der Waals surface area contributed by atoms with Crippen molar-refractivity contribution in [2.75, 3.05) is 0 Å². The van der Waals surface area contributed by atoms with Crippen LogP contribution in [-0.4, -0.2) is 21.4 Å². The summed E-state index contributed by atoms with van der Waals surface area (Å²) in [5, 5.41) is 11.2. The molecule has 1 aromatic heterocycles. The summed E-state index contributed by atoms with van der Waals surface area (Å²) >= 11 is 0. The van der Waals surface area contributed by atoms with Crippen molar-refractivity contribution in [1.29, 1.82) is 0 Å². The van der Waals surface area contributed by atoms with E-state index in [1.165, 1.54) is 12.8 Å². The van der Waals surface area contributed by atoms with Crippen LogP contribution in [0, 0.1) is 0 Å². The van der Waals surface area contributed by atoms with E-state index >= 15 is 0 Å². The first-order chi connectivity index (χ1) is 7.36. The van der Waals surface area contributed by atoms with Gasteiger partial charge in [-0.2, -0.15) is 0 Å². The lowest BCUT2D eigenvalue weighted by Gasteiger charge is -2.26.